The predicted molar refractivity (Wildman–Crippen MR) is 104 cm³/mol. The van der Waals surface area contributed by atoms with Crippen molar-refractivity contribution in [2.45, 2.75) is 24.8 Å². The van der Waals surface area contributed by atoms with E-state index in [4.69, 9.17) is 13.9 Å². The molecular formula is C18H19N3O6S. The van der Waals surface area contributed by atoms with Crippen LogP contribution in [0.5, 0.6) is 11.5 Å². The highest BCUT2D eigenvalue weighted by Gasteiger charge is 2.15. The first-order valence-corrected chi connectivity index (χ1v) is 9.79. The molecule has 0 radical (unpaired) electrons. The van der Waals surface area contributed by atoms with E-state index in [-0.39, 0.29) is 16.6 Å². The molecule has 0 aliphatic rings. The van der Waals surface area contributed by atoms with E-state index in [0.29, 0.717) is 22.6 Å². The molecule has 0 fully saturated rings. The van der Waals surface area contributed by atoms with Crippen LogP contribution in [0.4, 0.5) is 0 Å². The van der Waals surface area contributed by atoms with Gasteiger partial charge in [0.1, 0.15) is 0 Å². The lowest BCUT2D eigenvalue weighted by molar-refractivity contribution is 0.230. The molecular weight excluding hydrogens is 386 g/mol. The van der Waals surface area contributed by atoms with Crippen molar-refractivity contribution < 1.29 is 22.3 Å². The van der Waals surface area contributed by atoms with Gasteiger partial charge in [-0.25, -0.2) is 9.63 Å². The Morgan fingerprint density at radius 1 is 1.18 bits per heavy atom. The maximum absolute atomic E-state index is 12.4. The van der Waals surface area contributed by atoms with Gasteiger partial charge in [-0.2, -0.15) is 13.5 Å². The number of aromatic amines is 1. The summed E-state index contributed by atoms with van der Waals surface area (Å²) in [7, 11) is -2.40. The molecule has 0 amide bonds. The van der Waals surface area contributed by atoms with Crippen molar-refractivity contribution >= 4 is 27.3 Å². The highest BCUT2D eigenvalue weighted by atomic mass is 32.2. The monoisotopic (exact) mass is 405 g/mol. The van der Waals surface area contributed by atoms with Crippen LogP contribution < -0.4 is 20.1 Å². The van der Waals surface area contributed by atoms with Gasteiger partial charge in [-0.05, 0) is 49.7 Å². The van der Waals surface area contributed by atoms with Crippen LogP contribution in [0, 0.1) is 0 Å². The van der Waals surface area contributed by atoms with Gasteiger partial charge in [-0.3, -0.25) is 4.98 Å². The quantitative estimate of drug-likeness (QED) is 0.459. The number of H-pyrrole nitrogens is 1. The second-order valence-electron chi connectivity index (χ2n) is 6.10. The molecule has 0 saturated heterocycles. The van der Waals surface area contributed by atoms with Crippen molar-refractivity contribution in [3.05, 3.63) is 52.5 Å². The van der Waals surface area contributed by atoms with Crippen LogP contribution in [0.25, 0.3) is 11.1 Å². The van der Waals surface area contributed by atoms with E-state index in [1.165, 1.54) is 31.5 Å². The van der Waals surface area contributed by atoms with Gasteiger partial charge >= 0.3 is 5.76 Å². The maximum Gasteiger partial charge on any atom is 0.417 e. The molecule has 9 nitrogen and oxygen atoms in total. The second kappa shape index (κ2) is 7.77. The Morgan fingerprint density at radius 3 is 2.68 bits per heavy atom. The highest BCUT2D eigenvalue weighted by Crippen LogP contribution is 2.28. The minimum Gasteiger partial charge on any atom is -0.493 e. The molecule has 28 heavy (non-hydrogen) atoms. The predicted octanol–water partition coefficient (Wildman–Crippen LogP) is 2.23. The summed E-state index contributed by atoms with van der Waals surface area (Å²) in [6, 6.07) is 9.13. The number of nitrogens with one attached hydrogen (secondary N) is 2. The Morgan fingerprint density at radius 2 is 1.96 bits per heavy atom. The number of ether oxygens (including phenoxy) is 2. The van der Waals surface area contributed by atoms with E-state index in [1.54, 1.807) is 18.2 Å². The number of benzene rings is 2. The van der Waals surface area contributed by atoms with Gasteiger partial charge in [0, 0.05) is 6.07 Å². The standard InChI is InChI=1S/C18H19N3O6S/c1-11(2)26-17-8-12(4-7-15(17)25-3)10-19-21-28(23,24)13-5-6-14-16(9-13)27-18(22)20-14/h4-11,21H,1-3H3,(H,20,22)/b19-10+. The van der Waals surface area contributed by atoms with Crippen molar-refractivity contribution in [1.82, 2.24) is 9.82 Å². The Labute approximate surface area is 161 Å². The third-order valence-corrected chi connectivity index (χ3v) is 4.86. The zero-order valence-corrected chi connectivity index (χ0v) is 16.2. The first-order chi connectivity index (χ1) is 13.3. The van der Waals surface area contributed by atoms with Crippen LogP contribution in [-0.4, -0.2) is 32.8 Å². The van der Waals surface area contributed by atoms with E-state index in [9.17, 15) is 13.2 Å². The fourth-order valence-electron chi connectivity index (χ4n) is 2.44. The first-order valence-electron chi connectivity index (χ1n) is 8.31. The number of hydrogen-bond acceptors (Lipinski definition) is 7. The Balaban J connectivity index is 1.79. The van der Waals surface area contributed by atoms with Crippen molar-refractivity contribution in [2.24, 2.45) is 5.10 Å². The van der Waals surface area contributed by atoms with E-state index in [0.717, 1.165) is 0 Å². The SMILES string of the molecule is COc1ccc(/C=N/NS(=O)(=O)c2ccc3[nH]c(=O)oc3c2)cc1OC(C)C. The number of fused-ring (bicyclic) bond motifs is 1. The summed E-state index contributed by atoms with van der Waals surface area (Å²) in [4.78, 5) is 15.7. The van der Waals surface area contributed by atoms with Gasteiger partial charge in [0.05, 0.1) is 29.8 Å². The number of hydrogen-bond donors (Lipinski definition) is 2. The fraction of sp³-hybridized carbons (Fsp3) is 0.222. The van der Waals surface area contributed by atoms with Gasteiger partial charge in [0.2, 0.25) is 0 Å². The maximum atomic E-state index is 12.4. The fourth-order valence-corrected chi connectivity index (χ4v) is 3.24. The van der Waals surface area contributed by atoms with Gasteiger partial charge in [-0.15, -0.1) is 0 Å². The van der Waals surface area contributed by atoms with Crippen LogP contribution in [0.1, 0.15) is 19.4 Å². The number of sulfonamides is 1. The molecule has 2 aromatic carbocycles. The van der Waals surface area contributed by atoms with Crippen LogP contribution in [0.15, 0.2) is 55.6 Å². The summed E-state index contributed by atoms with van der Waals surface area (Å²) >= 11 is 0. The molecule has 0 bridgehead atoms. The minimum absolute atomic E-state index is 0.0528. The molecule has 1 aromatic heterocycles. The lowest BCUT2D eigenvalue weighted by Gasteiger charge is -2.13. The Kier molecular flexibility index (Phi) is 5.41. The topological polar surface area (TPSA) is 123 Å². The molecule has 1 heterocycles. The molecule has 2 N–H and O–H groups in total. The average Bonchev–Trinajstić information content (AvgIpc) is 3.00. The van der Waals surface area contributed by atoms with Crippen molar-refractivity contribution in [3.8, 4) is 11.5 Å². The van der Waals surface area contributed by atoms with E-state index in [2.05, 4.69) is 14.9 Å². The summed E-state index contributed by atoms with van der Waals surface area (Å²) in [5.74, 6) is 0.430. The molecule has 3 rings (SSSR count). The molecule has 0 aliphatic carbocycles. The van der Waals surface area contributed by atoms with E-state index in [1.807, 2.05) is 13.8 Å². The van der Waals surface area contributed by atoms with Crippen LogP contribution in [-0.2, 0) is 10.0 Å². The molecule has 0 saturated carbocycles. The number of rotatable bonds is 7. The van der Waals surface area contributed by atoms with Gasteiger partial charge in [-0.1, -0.05) is 0 Å². The smallest absolute Gasteiger partial charge is 0.417 e. The number of aromatic nitrogens is 1. The average molecular weight is 405 g/mol. The van der Waals surface area contributed by atoms with Crippen molar-refractivity contribution in [1.29, 1.82) is 0 Å². The molecule has 0 unspecified atom stereocenters. The number of hydrazone groups is 1. The molecule has 10 heteroatoms. The summed E-state index contributed by atoms with van der Waals surface area (Å²) in [6.45, 7) is 3.77. The molecule has 0 aliphatic heterocycles. The molecule has 0 spiro atoms. The molecule has 148 valence electrons. The van der Waals surface area contributed by atoms with E-state index < -0.39 is 15.8 Å². The third-order valence-electron chi connectivity index (χ3n) is 3.64. The largest absolute Gasteiger partial charge is 0.493 e. The lowest BCUT2D eigenvalue weighted by atomic mass is 10.2. The van der Waals surface area contributed by atoms with E-state index >= 15 is 0 Å². The number of oxazole rings is 1. The summed E-state index contributed by atoms with van der Waals surface area (Å²) in [5, 5.41) is 3.79. The van der Waals surface area contributed by atoms with Crippen molar-refractivity contribution in [3.63, 3.8) is 0 Å². The normalized spacial score (nSPS) is 12.0. The molecule has 0 atom stereocenters. The first kappa shape index (κ1) is 19.5. The van der Waals surface area contributed by atoms with Crippen LogP contribution in [0.2, 0.25) is 0 Å². The number of nitrogens with zero attached hydrogens (tertiary/aromatic N) is 1. The Bertz CT molecular complexity index is 1180. The van der Waals surface area contributed by atoms with Gasteiger partial charge in [0.15, 0.2) is 17.1 Å². The minimum atomic E-state index is -3.93. The Hall–Kier alpha value is -3.27. The van der Waals surface area contributed by atoms with Gasteiger partial charge in [0.25, 0.3) is 10.0 Å². The zero-order valence-electron chi connectivity index (χ0n) is 15.4. The summed E-state index contributed by atoms with van der Waals surface area (Å²) < 4.78 is 40.6. The summed E-state index contributed by atoms with van der Waals surface area (Å²) in [5.41, 5.74) is 1.16. The third kappa shape index (κ3) is 4.34. The van der Waals surface area contributed by atoms with Crippen molar-refractivity contribution in [2.75, 3.05) is 7.11 Å². The summed E-state index contributed by atoms with van der Waals surface area (Å²) in [6.07, 6.45) is 1.29. The highest BCUT2D eigenvalue weighted by molar-refractivity contribution is 7.89. The lowest BCUT2D eigenvalue weighted by Crippen LogP contribution is -2.18. The van der Waals surface area contributed by atoms with Crippen LogP contribution in [0.3, 0.4) is 0 Å². The second-order valence-corrected chi connectivity index (χ2v) is 7.76. The molecule has 3 aromatic rings. The van der Waals surface area contributed by atoms with Gasteiger partial charge < -0.3 is 13.9 Å². The van der Waals surface area contributed by atoms with Crippen LogP contribution >= 0.6 is 0 Å². The zero-order chi connectivity index (χ0) is 20.3. The number of methoxy groups -OCH3 is 1.